The highest BCUT2D eigenvalue weighted by Crippen LogP contribution is 2.37. The van der Waals surface area contributed by atoms with Gasteiger partial charge in [-0.15, -0.1) is 0 Å². The number of carbonyl (C=O) groups excluding carboxylic acids is 1. The van der Waals surface area contributed by atoms with Gasteiger partial charge in [-0.2, -0.15) is 13.2 Å². The summed E-state index contributed by atoms with van der Waals surface area (Å²) in [6.45, 7) is 1.79. The van der Waals surface area contributed by atoms with Crippen LogP contribution in [0.3, 0.4) is 0 Å². The molecule has 0 heterocycles. The number of rotatable bonds is 5. The lowest BCUT2D eigenvalue weighted by Gasteiger charge is -2.14. The van der Waals surface area contributed by atoms with E-state index in [1.807, 2.05) is 0 Å². The molecule has 0 radical (unpaired) electrons. The monoisotopic (exact) mass is 371 g/mol. The smallest absolute Gasteiger partial charge is 0.446 e. The number of thioether (sulfide) groups is 1. The summed E-state index contributed by atoms with van der Waals surface area (Å²) in [5.74, 6) is 0.561. The number of methoxy groups -OCH3 is 2. The zero-order valence-corrected chi connectivity index (χ0v) is 14.5. The van der Waals surface area contributed by atoms with Crippen LogP contribution in [0.15, 0.2) is 41.3 Å². The highest BCUT2D eigenvalue weighted by atomic mass is 32.2. The lowest BCUT2D eigenvalue weighted by molar-refractivity contribution is -0.0328. The van der Waals surface area contributed by atoms with E-state index in [9.17, 15) is 18.0 Å². The largest absolute Gasteiger partial charge is 0.493 e. The first kappa shape index (κ1) is 19.0. The molecule has 134 valence electrons. The van der Waals surface area contributed by atoms with Crippen molar-refractivity contribution in [2.45, 2.75) is 17.3 Å². The molecule has 2 rings (SSSR count). The van der Waals surface area contributed by atoms with Crippen LogP contribution in [-0.4, -0.2) is 25.6 Å². The van der Waals surface area contributed by atoms with Gasteiger partial charge in [0.05, 0.1) is 14.2 Å². The molecule has 0 unspecified atom stereocenters. The summed E-state index contributed by atoms with van der Waals surface area (Å²) in [4.78, 5) is 12.3. The maximum absolute atomic E-state index is 12.3. The van der Waals surface area contributed by atoms with Gasteiger partial charge in [-0.25, -0.2) is 0 Å². The van der Waals surface area contributed by atoms with Crippen LogP contribution in [0.2, 0.25) is 0 Å². The summed E-state index contributed by atoms with van der Waals surface area (Å²) in [5.41, 5.74) is -2.83. The van der Waals surface area contributed by atoms with Crippen LogP contribution in [-0.2, 0) is 0 Å². The molecule has 1 amide bonds. The number of nitrogens with one attached hydrogen (secondary N) is 1. The van der Waals surface area contributed by atoms with Crippen molar-refractivity contribution >= 4 is 23.4 Å². The Labute approximate surface area is 147 Å². The Bertz CT molecular complexity index is 761. The van der Waals surface area contributed by atoms with Crippen LogP contribution in [0.4, 0.5) is 18.9 Å². The Hall–Kier alpha value is -2.35. The van der Waals surface area contributed by atoms with E-state index in [0.29, 0.717) is 17.2 Å². The van der Waals surface area contributed by atoms with Gasteiger partial charge >= 0.3 is 5.51 Å². The second kappa shape index (κ2) is 7.69. The maximum atomic E-state index is 12.3. The van der Waals surface area contributed by atoms with Crippen LogP contribution in [0.25, 0.3) is 0 Å². The number of alkyl halides is 3. The van der Waals surface area contributed by atoms with Crippen LogP contribution in [0, 0.1) is 6.92 Å². The van der Waals surface area contributed by atoms with Gasteiger partial charge in [0.1, 0.15) is 0 Å². The van der Waals surface area contributed by atoms with E-state index in [0.717, 1.165) is 5.56 Å². The van der Waals surface area contributed by atoms with E-state index in [1.54, 1.807) is 19.1 Å². The van der Waals surface area contributed by atoms with Gasteiger partial charge in [0.2, 0.25) is 0 Å². The molecule has 25 heavy (non-hydrogen) atoms. The van der Waals surface area contributed by atoms with Crippen molar-refractivity contribution in [3.05, 3.63) is 47.5 Å². The van der Waals surface area contributed by atoms with Crippen LogP contribution < -0.4 is 14.8 Å². The van der Waals surface area contributed by atoms with Crippen LogP contribution in [0.1, 0.15) is 15.9 Å². The molecule has 2 aromatic rings. The van der Waals surface area contributed by atoms with Crippen molar-refractivity contribution in [3.8, 4) is 11.5 Å². The number of aryl methyl sites for hydroxylation is 1. The van der Waals surface area contributed by atoms with E-state index < -0.39 is 11.4 Å². The average molecular weight is 371 g/mol. The molecule has 0 fully saturated rings. The van der Waals surface area contributed by atoms with E-state index >= 15 is 0 Å². The van der Waals surface area contributed by atoms with Crippen molar-refractivity contribution in [1.82, 2.24) is 0 Å². The molecule has 0 spiro atoms. The predicted octanol–water partition coefficient (Wildman–Crippen LogP) is 4.88. The number of amides is 1. The van der Waals surface area contributed by atoms with Crippen molar-refractivity contribution < 1.29 is 27.4 Å². The first-order valence-corrected chi connectivity index (χ1v) is 7.95. The minimum atomic E-state index is -4.36. The standard InChI is InChI=1S/C17H16F3NO3S/c1-10-8-14(23-2)15(24-3)9-13(10)21-16(22)11-4-6-12(7-5-11)25-17(18,19)20/h4-9H,1-3H3,(H,21,22). The zero-order valence-electron chi connectivity index (χ0n) is 13.7. The van der Waals surface area contributed by atoms with Gasteiger partial charge in [-0.3, -0.25) is 4.79 Å². The lowest BCUT2D eigenvalue weighted by atomic mass is 10.1. The second-order valence-electron chi connectivity index (χ2n) is 5.05. The number of ether oxygens (including phenoxy) is 2. The summed E-state index contributed by atoms with van der Waals surface area (Å²) in [7, 11) is 2.99. The van der Waals surface area contributed by atoms with Gasteiger partial charge in [0.15, 0.2) is 11.5 Å². The van der Waals surface area contributed by atoms with Crippen molar-refractivity contribution in [3.63, 3.8) is 0 Å². The van der Waals surface area contributed by atoms with E-state index in [1.165, 1.54) is 38.5 Å². The predicted molar refractivity (Wildman–Crippen MR) is 90.6 cm³/mol. The molecular formula is C17H16F3NO3S. The first-order chi connectivity index (χ1) is 11.7. The fourth-order valence-electron chi connectivity index (χ4n) is 2.12. The minimum absolute atomic E-state index is 0.0198. The summed E-state index contributed by atoms with van der Waals surface area (Å²) in [6, 6.07) is 8.56. The Morgan fingerprint density at radius 2 is 1.60 bits per heavy atom. The van der Waals surface area contributed by atoms with Gasteiger partial charge < -0.3 is 14.8 Å². The molecule has 4 nitrogen and oxygen atoms in total. The third kappa shape index (κ3) is 5.06. The molecule has 8 heteroatoms. The van der Waals surface area contributed by atoms with Crippen LogP contribution >= 0.6 is 11.8 Å². The molecule has 0 aromatic heterocycles. The molecule has 0 aliphatic heterocycles. The Balaban J connectivity index is 2.17. The Kier molecular flexibility index (Phi) is 5.84. The fourth-order valence-corrected chi connectivity index (χ4v) is 2.66. The van der Waals surface area contributed by atoms with Crippen molar-refractivity contribution in [1.29, 1.82) is 0 Å². The number of hydrogen-bond acceptors (Lipinski definition) is 4. The molecule has 2 aromatic carbocycles. The lowest BCUT2D eigenvalue weighted by Crippen LogP contribution is -2.13. The number of anilines is 1. The number of carbonyl (C=O) groups is 1. The van der Waals surface area contributed by atoms with E-state index in [-0.39, 0.29) is 22.2 Å². The Morgan fingerprint density at radius 1 is 1.04 bits per heavy atom. The normalized spacial score (nSPS) is 11.1. The fraction of sp³-hybridized carbons (Fsp3) is 0.235. The third-order valence-electron chi connectivity index (χ3n) is 3.33. The molecule has 0 bridgehead atoms. The molecule has 1 N–H and O–H groups in total. The molecule has 0 atom stereocenters. The average Bonchev–Trinajstić information content (AvgIpc) is 2.55. The summed E-state index contributed by atoms with van der Waals surface area (Å²) in [6.07, 6.45) is 0. The summed E-state index contributed by atoms with van der Waals surface area (Å²) < 4.78 is 47.4. The molecule has 0 aliphatic carbocycles. The van der Waals surface area contributed by atoms with Gasteiger partial charge in [-0.05, 0) is 54.6 Å². The molecule has 0 saturated carbocycles. The quantitative estimate of drug-likeness (QED) is 0.762. The van der Waals surface area contributed by atoms with Gasteiger partial charge in [0.25, 0.3) is 5.91 Å². The zero-order chi connectivity index (χ0) is 18.6. The van der Waals surface area contributed by atoms with E-state index in [4.69, 9.17) is 9.47 Å². The van der Waals surface area contributed by atoms with Crippen molar-refractivity contribution in [2.75, 3.05) is 19.5 Å². The second-order valence-corrected chi connectivity index (χ2v) is 6.19. The van der Waals surface area contributed by atoms with Crippen molar-refractivity contribution in [2.24, 2.45) is 0 Å². The topological polar surface area (TPSA) is 47.6 Å². The summed E-state index contributed by atoms with van der Waals surface area (Å²) in [5, 5.41) is 2.72. The highest BCUT2D eigenvalue weighted by molar-refractivity contribution is 8.00. The SMILES string of the molecule is COc1cc(C)c(NC(=O)c2ccc(SC(F)(F)F)cc2)cc1OC. The number of benzene rings is 2. The third-order valence-corrected chi connectivity index (χ3v) is 4.07. The molecule has 0 aliphatic rings. The Morgan fingerprint density at radius 3 is 2.12 bits per heavy atom. The van der Waals surface area contributed by atoms with Crippen LogP contribution in [0.5, 0.6) is 11.5 Å². The van der Waals surface area contributed by atoms with Gasteiger partial charge in [-0.1, -0.05) is 0 Å². The summed E-state index contributed by atoms with van der Waals surface area (Å²) >= 11 is -0.226. The molecular weight excluding hydrogens is 355 g/mol. The van der Waals surface area contributed by atoms with E-state index in [2.05, 4.69) is 5.32 Å². The van der Waals surface area contributed by atoms with Gasteiger partial charge in [0, 0.05) is 22.2 Å². The maximum Gasteiger partial charge on any atom is 0.446 e. The molecule has 0 saturated heterocycles. The number of hydrogen-bond donors (Lipinski definition) is 1. The minimum Gasteiger partial charge on any atom is -0.493 e. The highest BCUT2D eigenvalue weighted by Gasteiger charge is 2.29. The number of halogens is 3. The first-order valence-electron chi connectivity index (χ1n) is 7.13.